The highest BCUT2D eigenvalue weighted by atomic mass is 32.2. The van der Waals surface area contributed by atoms with Crippen LogP contribution in [-0.2, 0) is 21.9 Å². The van der Waals surface area contributed by atoms with Crippen molar-refractivity contribution in [2.24, 2.45) is 5.92 Å². The number of carbonyl (C=O) groups is 1. The van der Waals surface area contributed by atoms with Crippen LogP contribution in [0.25, 0.3) is 0 Å². The van der Waals surface area contributed by atoms with Crippen molar-refractivity contribution in [3.63, 3.8) is 0 Å². The first-order valence-corrected chi connectivity index (χ1v) is 16.4. The van der Waals surface area contributed by atoms with Gasteiger partial charge in [-0.3, -0.25) is 9.10 Å². The van der Waals surface area contributed by atoms with Crippen LogP contribution in [0, 0.1) is 11.7 Å². The lowest BCUT2D eigenvalue weighted by molar-refractivity contribution is -0.273. The molecule has 4 aliphatic rings. The number of anilines is 1. The predicted octanol–water partition coefficient (Wildman–Crippen LogP) is 6.34. The van der Waals surface area contributed by atoms with Gasteiger partial charge in [0.25, 0.3) is 15.9 Å². The Hall–Kier alpha value is -3.44. The van der Waals surface area contributed by atoms with Gasteiger partial charge in [0, 0.05) is 11.0 Å². The fourth-order valence-corrected chi connectivity index (χ4v) is 9.56. The minimum Gasteiger partial charge on any atom is -0.380 e. The minimum absolute atomic E-state index is 0.103. The van der Waals surface area contributed by atoms with E-state index in [1.165, 1.54) is 22.0 Å². The van der Waals surface area contributed by atoms with Gasteiger partial charge in [-0.1, -0.05) is 24.3 Å². The fraction of sp³-hybridized carbons (Fsp3) is 0.424. The second-order valence-electron chi connectivity index (χ2n) is 12.7. The monoisotopic (exact) mass is 628 g/mol. The molecule has 3 aliphatic carbocycles. The van der Waals surface area contributed by atoms with Crippen molar-refractivity contribution in [3.8, 4) is 0 Å². The molecule has 1 heterocycles. The third kappa shape index (κ3) is 4.53. The number of aryl methyl sites for hydroxylation is 1. The Morgan fingerprint density at radius 2 is 1.61 bits per heavy atom. The Balaban J connectivity index is 1.31. The number of alkyl halides is 3. The van der Waals surface area contributed by atoms with Gasteiger partial charge in [0.1, 0.15) is 5.82 Å². The van der Waals surface area contributed by atoms with Gasteiger partial charge in [0.15, 0.2) is 5.60 Å². The van der Waals surface area contributed by atoms with E-state index in [1.807, 2.05) is 24.3 Å². The summed E-state index contributed by atoms with van der Waals surface area (Å²) in [5.41, 5.74) is -0.603. The zero-order valence-corrected chi connectivity index (χ0v) is 24.6. The summed E-state index contributed by atoms with van der Waals surface area (Å²) >= 11 is 0. The van der Waals surface area contributed by atoms with Crippen LogP contribution in [0.1, 0.15) is 78.0 Å². The van der Waals surface area contributed by atoms with Crippen molar-refractivity contribution in [1.29, 1.82) is 0 Å². The molecule has 1 amide bonds. The number of nitrogens with one attached hydrogen (secondary N) is 1. The van der Waals surface area contributed by atoms with E-state index < -0.39 is 51.9 Å². The smallest absolute Gasteiger partial charge is 0.380 e. The molecule has 0 aromatic heterocycles. The van der Waals surface area contributed by atoms with Crippen molar-refractivity contribution >= 4 is 21.6 Å². The van der Waals surface area contributed by atoms with Gasteiger partial charge in [0.05, 0.1) is 22.7 Å². The minimum atomic E-state index is -4.83. The first-order chi connectivity index (χ1) is 20.8. The van der Waals surface area contributed by atoms with Crippen LogP contribution in [0.2, 0.25) is 0 Å². The molecule has 2 fully saturated rings. The van der Waals surface area contributed by atoms with Crippen molar-refractivity contribution < 1.29 is 35.9 Å². The van der Waals surface area contributed by atoms with E-state index in [9.17, 15) is 35.9 Å². The largest absolute Gasteiger partial charge is 0.417 e. The summed E-state index contributed by atoms with van der Waals surface area (Å²) in [6.45, 7) is 0. The maximum absolute atomic E-state index is 14.2. The molecule has 6 nitrogen and oxygen atoms in total. The molecule has 1 aliphatic heterocycles. The lowest BCUT2D eigenvalue weighted by Crippen LogP contribution is -2.56. The van der Waals surface area contributed by atoms with Crippen molar-refractivity contribution in [3.05, 3.63) is 94.8 Å². The Morgan fingerprint density at radius 3 is 2.27 bits per heavy atom. The molecular formula is C33H32F4N2O4S. The molecule has 7 rings (SSSR count). The topological polar surface area (TPSA) is 86.7 Å². The molecular weight excluding hydrogens is 596 g/mol. The van der Waals surface area contributed by atoms with Crippen molar-refractivity contribution in [1.82, 2.24) is 5.32 Å². The number of hydrogen-bond acceptors (Lipinski definition) is 4. The molecule has 2 unspecified atom stereocenters. The first-order valence-electron chi connectivity index (χ1n) is 15.0. The van der Waals surface area contributed by atoms with Gasteiger partial charge in [0.2, 0.25) is 0 Å². The van der Waals surface area contributed by atoms with Gasteiger partial charge in [-0.15, -0.1) is 0 Å². The number of nitrogens with zero attached hydrogens (tertiary/aromatic N) is 1. The highest BCUT2D eigenvalue weighted by Crippen LogP contribution is 2.62. The van der Waals surface area contributed by atoms with Gasteiger partial charge >= 0.3 is 6.18 Å². The maximum Gasteiger partial charge on any atom is 0.417 e. The molecule has 1 spiro atoms. The number of halogens is 4. The lowest BCUT2D eigenvalue weighted by atomic mass is 9.61. The summed E-state index contributed by atoms with van der Waals surface area (Å²) < 4.78 is 85.2. The normalized spacial score (nSPS) is 28.2. The summed E-state index contributed by atoms with van der Waals surface area (Å²) in [4.78, 5) is 13.5. The molecule has 44 heavy (non-hydrogen) atoms. The third-order valence-corrected chi connectivity index (χ3v) is 12.0. The zero-order chi connectivity index (χ0) is 31.1. The number of fused-ring (bicyclic) bond motifs is 3. The van der Waals surface area contributed by atoms with Crippen LogP contribution in [0.3, 0.4) is 0 Å². The van der Waals surface area contributed by atoms with Crippen LogP contribution in [0.5, 0.6) is 0 Å². The molecule has 0 bridgehead atoms. The van der Waals surface area contributed by atoms with E-state index >= 15 is 0 Å². The summed E-state index contributed by atoms with van der Waals surface area (Å²) in [6, 6.07) is 16.2. The third-order valence-electron chi connectivity index (χ3n) is 10.2. The standard InChI is InChI=1S/C33H32F4N2O4S/c34-23-9-11-24(12-10-23)44(42,43)39-28-14-8-22(30(40)38-27-13-7-20-3-1-2-4-25(20)27)19-26(28)31(29(39)21-5-6-21)15-17-32(41,18-16-31)33(35,36)37/h1-4,8-12,14,19,21,27,29,41H,5-7,13,15-18H2,(H,38,40). The van der Waals surface area contributed by atoms with Gasteiger partial charge in [-0.2, -0.15) is 13.2 Å². The number of hydrogen-bond donors (Lipinski definition) is 2. The molecule has 232 valence electrons. The highest BCUT2D eigenvalue weighted by Gasteiger charge is 2.65. The number of amides is 1. The molecule has 2 atom stereocenters. The lowest BCUT2D eigenvalue weighted by Gasteiger charge is -2.47. The van der Waals surface area contributed by atoms with Crippen LogP contribution in [-0.4, -0.2) is 37.3 Å². The first kappa shape index (κ1) is 29.3. The van der Waals surface area contributed by atoms with E-state index in [4.69, 9.17) is 0 Å². The van der Waals surface area contributed by atoms with Crippen LogP contribution in [0.15, 0.2) is 71.6 Å². The van der Waals surface area contributed by atoms with E-state index in [-0.39, 0.29) is 35.6 Å². The quantitative estimate of drug-likeness (QED) is 0.323. The summed E-state index contributed by atoms with van der Waals surface area (Å²) in [5, 5.41) is 13.7. The van der Waals surface area contributed by atoms with Crippen LogP contribution >= 0.6 is 0 Å². The summed E-state index contributed by atoms with van der Waals surface area (Å²) in [6.07, 6.45) is -3.23. The number of carbonyl (C=O) groups excluding carboxylic acids is 1. The molecule has 2 saturated carbocycles. The molecule has 2 N–H and O–H groups in total. The SMILES string of the molecule is O=C(NC1CCc2ccccc21)c1ccc2c(c1)C1(CCC(O)(C(F)(F)F)CC1)C(C1CC1)N2S(=O)(=O)c1ccc(F)cc1. The van der Waals surface area contributed by atoms with Crippen molar-refractivity contribution in [2.75, 3.05) is 4.31 Å². The molecule has 3 aromatic rings. The fourth-order valence-electron chi connectivity index (χ4n) is 7.76. The van der Waals surface area contributed by atoms with E-state index in [1.54, 1.807) is 18.2 Å². The van der Waals surface area contributed by atoms with Crippen molar-refractivity contribution in [2.45, 2.75) is 85.5 Å². The van der Waals surface area contributed by atoms with E-state index in [0.29, 0.717) is 29.7 Å². The number of benzene rings is 3. The average Bonchev–Trinajstić information content (AvgIpc) is 3.69. The Morgan fingerprint density at radius 1 is 0.932 bits per heavy atom. The number of aliphatic hydroxyl groups is 1. The second-order valence-corrected chi connectivity index (χ2v) is 14.5. The Labute approximate surface area is 253 Å². The van der Waals surface area contributed by atoms with Gasteiger partial charge in [-0.25, -0.2) is 12.8 Å². The second kappa shape index (κ2) is 10.0. The zero-order valence-electron chi connectivity index (χ0n) is 23.8. The average molecular weight is 629 g/mol. The Bertz CT molecular complexity index is 1730. The summed E-state index contributed by atoms with van der Waals surface area (Å²) in [5.74, 6) is -1.06. The van der Waals surface area contributed by atoms with Gasteiger partial charge < -0.3 is 10.4 Å². The molecule has 3 aromatic carbocycles. The Kier molecular flexibility index (Phi) is 6.68. The number of rotatable bonds is 5. The maximum atomic E-state index is 14.2. The van der Waals surface area contributed by atoms with E-state index in [2.05, 4.69) is 5.32 Å². The molecule has 0 radical (unpaired) electrons. The highest BCUT2D eigenvalue weighted by molar-refractivity contribution is 7.92. The van der Waals surface area contributed by atoms with Crippen LogP contribution in [0.4, 0.5) is 23.2 Å². The molecule has 11 heteroatoms. The van der Waals surface area contributed by atoms with Crippen LogP contribution < -0.4 is 9.62 Å². The predicted molar refractivity (Wildman–Crippen MR) is 155 cm³/mol. The summed E-state index contributed by atoms with van der Waals surface area (Å²) in [7, 11) is -4.26. The van der Waals surface area contributed by atoms with E-state index in [0.717, 1.165) is 30.5 Å². The number of sulfonamides is 1. The molecule has 0 saturated heterocycles. The van der Waals surface area contributed by atoms with Gasteiger partial charge in [-0.05, 0) is 116 Å².